The second-order valence-electron chi connectivity index (χ2n) is 5.40. The van der Waals surface area contributed by atoms with E-state index in [0.717, 1.165) is 6.42 Å². The first-order chi connectivity index (χ1) is 6.93. The normalized spacial score (nSPS) is 13.9. The van der Waals surface area contributed by atoms with Gasteiger partial charge in [0.05, 0.1) is 0 Å². The third-order valence-corrected chi connectivity index (χ3v) is 2.92. The van der Waals surface area contributed by atoms with E-state index in [1.54, 1.807) is 0 Å². The van der Waals surface area contributed by atoms with E-state index in [2.05, 4.69) is 57.3 Å². The quantitative estimate of drug-likeness (QED) is 0.799. The lowest BCUT2D eigenvalue weighted by Crippen LogP contribution is -2.39. The maximum atomic E-state index is 3.41. The maximum absolute atomic E-state index is 3.41. The molecule has 0 aliphatic heterocycles. The van der Waals surface area contributed by atoms with Crippen LogP contribution >= 0.6 is 0 Å². The summed E-state index contributed by atoms with van der Waals surface area (Å²) >= 11 is 0. The minimum absolute atomic E-state index is 0.304. The highest BCUT2D eigenvalue weighted by molar-refractivity contribution is 5.23. The van der Waals surface area contributed by atoms with E-state index in [9.17, 15) is 0 Å². The number of hydrogen-bond acceptors (Lipinski definition) is 1. The number of aryl methyl sites for hydroxylation is 1. The van der Waals surface area contributed by atoms with Crippen LogP contribution in [0.4, 0.5) is 0 Å². The van der Waals surface area contributed by atoms with E-state index in [4.69, 9.17) is 0 Å². The smallest absolute Gasteiger partial charge is 0.0153 e. The Morgan fingerprint density at radius 3 is 2.40 bits per heavy atom. The molecule has 1 aromatic carbocycles. The molecule has 1 unspecified atom stereocenters. The summed E-state index contributed by atoms with van der Waals surface area (Å²) in [7, 11) is 2.05. The molecular weight excluding hydrogens is 182 g/mol. The standard InChI is InChI=1S/C14H23N/c1-11-7-6-8-12(9-11)10-13(15-5)14(2,3)4/h6-9,13,15H,10H2,1-5H3. The molecule has 0 fully saturated rings. The van der Waals surface area contributed by atoms with Gasteiger partial charge in [0, 0.05) is 6.04 Å². The average molecular weight is 205 g/mol. The SMILES string of the molecule is CNC(Cc1cccc(C)c1)C(C)(C)C. The van der Waals surface area contributed by atoms with Crippen molar-refractivity contribution in [1.29, 1.82) is 0 Å². The van der Waals surface area contributed by atoms with Crippen LogP contribution in [0.1, 0.15) is 31.9 Å². The van der Waals surface area contributed by atoms with Gasteiger partial charge < -0.3 is 5.32 Å². The van der Waals surface area contributed by atoms with Gasteiger partial charge in [0.1, 0.15) is 0 Å². The summed E-state index contributed by atoms with van der Waals surface area (Å²) in [6.45, 7) is 8.99. The van der Waals surface area contributed by atoms with Crippen LogP contribution in [0.25, 0.3) is 0 Å². The summed E-state index contributed by atoms with van der Waals surface area (Å²) < 4.78 is 0. The summed E-state index contributed by atoms with van der Waals surface area (Å²) in [4.78, 5) is 0. The van der Waals surface area contributed by atoms with Crippen molar-refractivity contribution in [1.82, 2.24) is 5.32 Å². The Morgan fingerprint density at radius 2 is 1.93 bits per heavy atom. The molecular formula is C14H23N. The number of rotatable bonds is 3. The molecule has 0 heterocycles. The molecule has 15 heavy (non-hydrogen) atoms. The average Bonchev–Trinajstić information content (AvgIpc) is 2.12. The van der Waals surface area contributed by atoms with Crippen molar-refractivity contribution < 1.29 is 0 Å². The molecule has 0 aliphatic carbocycles. The van der Waals surface area contributed by atoms with Crippen LogP contribution in [0.15, 0.2) is 24.3 Å². The lowest BCUT2D eigenvalue weighted by Gasteiger charge is -2.30. The predicted octanol–water partition coefficient (Wildman–Crippen LogP) is 3.17. The fourth-order valence-corrected chi connectivity index (χ4v) is 1.92. The molecule has 1 rings (SSSR count). The highest BCUT2D eigenvalue weighted by Gasteiger charge is 2.22. The Bertz CT molecular complexity index is 309. The molecule has 1 heteroatoms. The molecule has 84 valence electrons. The zero-order valence-corrected chi connectivity index (χ0v) is 10.6. The van der Waals surface area contributed by atoms with Crippen molar-refractivity contribution in [3.8, 4) is 0 Å². The number of hydrogen-bond donors (Lipinski definition) is 1. The number of nitrogens with one attached hydrogen (secondary N) is 1. The molecule has 0 amide bonds. The van der Waals surface area contributed by atoms with Gasteiger partial charge in [-0.3, -0.25) is 0 Å². The lowest BCUT2D eigenvalue weighted by molar-refractivity contribution is 0.280. The topological polar surface area (TPSA) is 12.0 Å². The second kappa shape index (κ2) is 4.80. The Labute approximate surface area is 93.9 Å². The van der Waals surface area contributed by atoms with E-state index >= 15 is 0 Å². The third-order valence-electron chi connectivity index (χ3n) is 2.92. The van der Waals surface area contributed by atoms with Crippen LogP contribution in [0.5, 0.6) is 0 Å². The second-order valence-corrected chi connectivity index (χ2v) is 5.40. The summed E-state index contributed by atoms with van der Waals surface area (Å²) in [5.74, 6) is 0. The van der Waals surface area contributed by atoms with Gasteiger partial charge in [-0.15, -0.1) is 0 Å². The molecule has 1 N–H and O–H groups in total. The summed E-state index contributed by atoms with van der Waals surface area (Å²) in [5, 5.41) is 3.41. The van der Waals surface area contributed by atoms with Gasteiger partial charge in [0.25, 0.3) is 0 Å². The van der Waals surface area contributed by atoms with Crippen LogP contribution in [0, 0.1) is 12.3 Å². The molecule has 1 aromatic rings. The fraction of sp³-hybridized carbons (Fsp3) is 0.571. The van der Waals surface area contributed by atoms with E-state index in [-0.39, 0.29) is 0 Å². The zero-order chi connectivity index (χ0) is 11.5. The maximum Gasteiger partial charge on any atom is 0.0153 e. The Morgan fingerprint density at radius 1 is 1.27 bits per heavy atom. The molecule has 0 aliphatic rings. The number of likely N-dealkylation sites (N-methyl/N-ethyl adjacent to an activating group) is 1. The van der Waals surface area contributed by atoms with E-state index in [1.807, 2.05) is 7.05 Å². The molecule has 0 bridgehead atoms. The van der Waals surface area contributed by atoms with Gasteiger partial charge in [-0.05, 0) is 31.4 Å². The molecule has 0 spiro atoms. The first kappa shape index (κ1) is 12.3. The zero-order valence-electron chi connectivity index (χ0n) is 10.6. The predicted molar refractivity (Wildman–Crippen MR) is 67.2 cm³/mol. The van der Waals surface area contributed by atoms with Crippen molar-refractivity contribution in [2.75, 3.05) is 7.05 Å². The first-order valence-electron chi connectivity index (χ1n) is 5.66. The van der Waals surface area contributed by atoms with Crippen molar-refractivity contribution in [3.63, 3.8) is 0 Å². The van der Waals surface area contributed by atoms with Crippen molar-refractivity contribution in [2.24, 2.45) is 5.41 Å². The van der Waals surface area contributed by atoms with Crippen molar-refractivity contribution in [2.45, 2.75) is 40.2 Å². The minimum atomic E-state index is 0.304. The molecule has 0 saturated carbocycles. The summed E-state index contributed by atoms with van der Waals surface area (Å²) in [5.41, 5.74) is 3.07. The summed E-state index contributed by atoms with van der Waals surface area (Å²) in [6, 6.07) is 9.30. The minimum Gasteiger partial charge on any atom is -0.316 e. The van der Waals surface area contributed by atoms with Gasteiger partial charge in [0.15, 0.2) is 0 Å². The monoisotopic (exact) mass is 205 g/mol. The van der Waals surface area contributed by atoms with Gasteiger partial charge in [-0.25, -0.2) is 0 Å². The first-order valence-corrected chi connectivity index (χ1v) is 5.66. The third kappa shape index (κ3) is 3.67. The van der Waals surface area contributed by atoms with Crippen LogP contribution in [-0.4, -0.2) is 13.1 Å². The Kier molecular flexibility index (Phi) is 3.92. The Hall–Kier alpha value is -0.820. The van der Waals surface area contributed by atoms with Crippen LogP contribution < -0.4 is 5.32 Å². The van der Waals surface area contributed by atoms with E-state index in [0.29, 0.717) is 11.5 Å². The highest BCUT2D eigenvalue weighted by atomic mass is 14.9. The molecule has 0 saturated heterocycles. The fourth-order valence-electron chi connectivity index (χ4n) is 1.92. The van der Waals surface area contributed by atoms with Gasteiger partial charge in [-0.1, -0.05) is 50.6 Å². The largest absolute Gasteiger partial charge is 0.316 e. The molecule has 0 radical (unpaired) electrons. The molecule has 1 nitrogen and oxygen atoms in total. The highest BCUT2D eigenvalue weighted by Crippen LogP contribution is 2.22. The van der Waals surface area contributed by atoms with Crippen LogP contribution in [0.2, 0.25) is 0 Å². The van der Waals surface area contributed by atoms with Gasteiger partial charge in [-0.2, -0.15) is 0 Å². The summed E-state index contributed by atoms with van der Waals surface area (Å²) in [6.07, 6.45) is 1.10. The van der Waals surface area contributed by atoms with Gasteiger partial charge in [0.2, 0.25) is 0 Å². The van der Waals surface area contributed by atoms with Gasteiger partial charge >= 0.3 is 0 Å². The van der Waals surface area contributed by atoms with Crippen molar-refractivity contribution in [3.05, 3.63) is 35.4 Å². The number of benzene rings is 1. The van der Waals surface area contributed by atoms with E-state index < -0.39 is 0 Å². The Balaban J connectivity index is 2.76. The van der Waals surface area contributed by atoms with E-state index in [1.165, 1.54) is 11.1 Å². The van der Waals surface area contributed by atoms with Crippen molar-refractivity contribution >= 4 is 0 Å². The van der Waals surface area contributed by atoms with Crippen LogP contribution in [-0.2, 0) is 6.42 Å². The lowest BCUT2D eigenvalue weighted by atomic mass is 9.83. The van der Waals surface area contributed by atoms with Crippen LogP contribution in [0.3, 0.4) is 0 Å². The molecule has 0 aromatic heterocycles. The molecule has 1 atom stereocenters.